The number of aliphatic hydroxyl groups is 4. The maximum atomic E-state index is 11.6. The van der Waals surface area contributed by atoms with Crippen molar-refractivity contribution in [2.75, 3.05) is 6.61 Å². The number of carbonyl (C=O) groups is 1. The van der Waals surface area contributed by atoms with Gasteiger partial charge >= 0.3 is 5.97 Å². The summed E-state index contributed by atoms with van der Waals surface area (Å²) in [5.41, 5.74) is 0.669. The number of phenolic OH excluding ortho intramolecular Hbond substituents is 1. The van der Waals surface area contributed by atoms with Gasteiger partial charge in [-0.05, 0) is 23.8 Å². The number of esters is 1. The topological polar surface area (TPSA) is 137 Å². The average Bonchev–Trinajstić information content (AvgIpc) is 2.54. The first-order valence-electron chi connectivity index (χ1n) is 6.90. The molecule has 5 N–H and O–H groups in total. The van der Waals surface area contributed by atoms with Crippen molar-refractivity contribution >= 4 is 12.0 Å². The molecule has 0 spiro atoms. The lowest BCUT2D eigenvalue weighted by Gasteiger charge is -2.37. The van der Waals surface area contributed by atoms with E-state index < -0.39 is 43.3 Å². The number of hydrogen-bond acceptors (Lipinski definition) is 8. The van der Waals surface area contributed by atoms with Gasteiger partial charge in [-0.1, -0.05) is 12.1 Å². The van der Waals surface area contributed by atoms with E-state index in [4.69, 9.17) is 14.6 Å². The summed E-state index contributed by atoms with van der Waals surface area (Å²) in [5, 5.41) is 47.0. The van der Waals surface area contributed by atoms with Gasteiger partial charge < -0.3 is 35.0 Å². The molecular weight excluding hydrogens is 308 g/mol. The third-order valence-electron chi connectivity index (χ3n) is 3.38. The Bertz CT molecular complexity index is 555. The molecule has 1 aliphatic heterocycles. The van der Waals surface area contributed by atoms with E-state index in [0.29, 0.717) is 5.56 Å². The molecule has 0 radical (unpaired) electrons. The smallest absolute Gasteiger partial charge is 0.330 e. The molecule has 0 bridgehead atoms. The maximum absolute atomic E-state index is 11.6. The lowest BCUT2D eigenvalue weighted by Crippen LogP contribution is -2.58. The fraction of sp³-hybridized carbons (Fsp3) is 0.400. The van der Waals surface area contributed by atoms with E-state index in [-0.39, 0.29) is 5.75 Å². The summed E-state index contributed by atoms with van der Waals surface area (Å²) in [6.07, 6.45) is -4.96. The van der Waals surface area contributed by atoms with Crippen LogP contribution in [0, 0.1) is 0 Å². The van der Waals surface area contributed by atoms with Crippen molar-refractivity contribution in [3.63, 3.8) is 0 Å². The fourth-order valence-corrected chi connectivity index (χ4v) is 2.03. The summed E-state index contributed by atoms with van der Waals surface area (Å²) in [6, 6.07) is 6.12. The third kappa shape index (κ3) is 4.50. The first kappa shape index (κ1) is 17.4. The Balaban J connectivity index is 1.85. The van der Waals surface area contributed by atoms with Crippen LogP contribution >= 0.6 is 0 Å². The van der Waals surface area contributed by atoms with Crippen LogP contribution in [0.25, 0.3) is 6.08 Å². The van der Waals surface area contributed by atoms with E-state index in [1.807, 2.05) is 0 Å². The second kappa shape index (κ2) is 7.53. The average molecular weight is 326 g/mol. The molecule has 2 rings (SSSR count). The largest absolute Gasteiger partial charge is 0.508 e. The lowest BCUT2D eigenvalue weighted by molar-refractivity contribution is -0.287. The van der Waals surface area contributed by atoms with Gasteiger partial charge in [0.05, 0.1) is 0 Å². The Morgan fingerprint density at radius 1 is 1.09 bits per heavy atom. The van der Waals surface area contributed by atoms with Gasteiger partial charge in [-0.2, -0.15) is 0 Å². The van der Waals surface area contributed by atoms with Crippen LogP contribution < -0.4 is 0 Å². The summed E-state index contributed by atoms with van der Waals surface area (Å²) in [4.78, 5) is 11.6. The van der Waals surface area contributed by atoms with Gasteiger partial charge in [0, 0.05) is 6.08 Å². The van der Waals surface area contributed by atoms with E-state index in [0.717, 1.165) is 6.08 Å². The van der Waals surface area contributed by atoms with E-state index >= 15 is 0 Å². The molecule has 8 heteroatoms. The minimum atomic E-state index is -1.68. The van der Waals surface area contributed by atoms with Crippen molar-refractivity contribution in [2.24, 2.45) is 0 Å². The van der Waals surface area contributed by atoms with Crippen molar-refractivity contribution < 1.29 is 39.8 Å². The molecule has 5 atom stereocenters. The number of hydrogen-bond donors (Lipinski definition) is 5. The van der Waals surface area contributed by atoms with Crippen molar-refractivity contribution in [3.05, 3.63) is 35.9 Å². The first-order valence-corrected chi connectivity index (χ1v) is 6.90. The van der Waals surface area contributed by atoms with Crippen LogP contribution in [0.5, 0.6) is 5.75 Å². The molecule has 23 heavy (non-hydrogen) atoms. The van der Waals surface area contributed by atoms with Crippen LogP contribution in [0.1, 0.15) is 5.56 Å². The lowest BCUT2D eigenvalue weighted by atomic mass is 9.99. The highest BCUT2D eigenvalue weighted by Crippen LogP contribution is 2.20. The molecule has 1 aromatic carbocycles. The Kier molecular flexibility index (Phi) is 5.69. The number of benzene rings is 1. The highest BCUT2D eigenvalue weighted by molar-refractivity contribution is 5.87. The second-order valence-electron chi connectivity index (χ2n) is 5.09. The number of ether oxygens (including phenoxy) is 2. The molecule has 0 saturated carbocycles. The van der Waals surface area contributed by atoms with Gasteiger partial charge in [0.1, 0.15) is 36.8 Å². The minimum absolute atomic E-state index is 0.104. The number of carbonyl (C=O) groups excluding carboxylic acids is 1. The Labute approximate surface area is 131 Å². The highest BCUT2D eigenvalue weighted by atomic mass is 16.6. The van der Waals surface area contributed by atoms with Gasteiger partial charge in [0.25, 0.3) is 0 Å². The van der Waals surface area contributed by atoms with Crippen LogP contribution in [0.3, 0.4) is 0 Å². The molecular formula is C15H18O8. The second-order valence-corrected chi connectivity index (χ2v) is 5.09. The molecule has 1 heterocycles. The first-order chi connectivity index (χ1) is 10.9. The fourth-order valence-electron chi connectivity index (χ4n) is 2.03. The molecule has 1 fully saturated rings. The van der Waals surface area contributed by atoms with Gasteiger partial charge in [-0.15, -0.1) is 0 Å². The number of aromatic hydroxyl groups is 1. The third-order valence-corrected chi connectivity index (χ3v) is 3.38. The molecule has 8 nitrogen and oxygen atoms in total. The predicted molar refractivity (Wildman–Crippen MR) is 77.0 cm³/mol. The van der Waals surface area contributed by atoms with Gasteiger partial charge in [0.15, 0.2) is 6.29 Å². The molecule has 0 aromatic heterocycles. The summed E-state index contributed by atoms with van der Waals surface area (Å²) in [7, 11) is 0. The molecule has 0 amide bonds. The van der Waals surface area contributed by atoms with Crippen molar-refractivity contribution in [1.82, 2.24) is 0 Å². The van der Waals surface area contributed by atoms with E-state index in [1.54, 1.807) is 12.1 Å². The quantitative estimate of drug-likeness (QED) is 0.342. The number of phenols is 1. The highest BCUT2D eigenvalue weighted by Gasteiger charge is 2.43. The molecule has 126 valence electrons. The van der Waals surface area contributed by atoms with Crippen molar-refractivity contribution in [2.45, 2.75) is 30.7 Å². The molecule has 1 aliphatic rings. The van der Waals surface area contributed by atoms with E-state index in [2.05, 4.69) is 0 Å². The van der Waals surface area contributed by atoms with Gasteiger partial charge in [-0.3, -0.25) is 0 Å². The Morgan fingerprint density at radius 3 is 2.39 bits per heavy atom. The molecule has 1 aromatic rings. The zero-order valence-corrected chi connectivity index (χ0v) is 12.0. The van der Waals surface area contributed by atoms with Crippen LogP contribution in [-0.4, -0.2) is 68.8 Å². The number of rotatable bonds is 4. The summed E-state index contributed by atoms with van der Waals surface area (Å²) >= 11 is 0. The summed E-state index contributed by atoms with van der Waals surface area (Å²) in [6.45, 7) is -0.402. The monoisotopic (exact) mass is 326 g/mol. The predicted octanol–water partition coefficient (Wildman–Crippen LogP) is -1.25. The zero-order valence-electron chi connectivity index (χ0n) is 12.0. The minimum Gasteiger partial charge on any atom is -0.508 e. The normalized spacial score (nSPS) is 31.2. The maximum Gasteiger partial charge on any atom is 0.330 e. The van der Waals surface area contributed by atoms with E-state index in [1.165, 1.54) is 18.2 Å². The van der Waals surface area contributed by atoms with Crippen LogP contribution in [0.4, 0.5) is 0 Å². The van der Waals surface area contributed by atoms with Crippen molar-refractivity contribution in [3.8, 4) is 5.75 Å². The summed E-state index contributed by atoms with van der Waals surface area (Å²) < 4.78 is 9.74. The molecule has 0 unspecified atom stereocenters. The van der Waals surface area contributed by atoms with Crippen LogP contribution in [0.15, 0.2) is 30.3 Å². The van der Waals surface area contributed by atoms with Gasteiger partial charge in [0.2, 0.25) is 0 Å². The molecule has 0 aliphatic carbocycles. The number of aliphatic hydroxyl groups excluding tert-OH is 4. The SMILES string of the molecule is O=C(C=Cc1ccc(O)cc1)OC[C@H]1O[C@@H](O)[C@H](O)[C@@H](O)[C@@H]1O. The van der Waals surface area contributed by atoms with Crippen LogP contribution in [0.2, 0.25) is 0 Å². The van der Waals surface area contributed by atoms with Crippen molar-refractivity contribution in [1.29, 1.82) is 0 Å². The van der Waals surface area contributed by atoms with E-state index in [9.17, 15) is 25.2 Å². The molecule has 1 saturated heterocycles. The van der Waals surface area contributed by atoms with Crippen LogP contribution in [-0.2, 0) is 14.3 Å². The van der Waals surface area contributed by atoms with Gasteiger partial charge in [-0.25, -0.2) is 4.79 Å². The Morgan fingerprint density at radius 2 is 1.74 bits per heavy atom. The standard InChI is InChI=1S/C15H18O8/c16-9-4-1-8(2-5-9)3-6-11(17)22-7-10-12(18)13(19)14(20)15(21)23-10/h1-6,10,12-16,18-21H,7H2/t10-,12-,13+,14-,15-/m1/s1. The summed E-state index contributed by atoms with van der Waals surface area (Å²) in [5.74, 6) is -0.614. The zero-order chi connectivity index (χ0) is 17.0. The Hall–Kier alpha value is -1.97.